The van der Waals surface area contributed by atoms with E-state index < -0.39 is 0 Å². The molecule has 3 aromatic rings. The highest BCUT2D eigenvalue weighted by Crippen LogP contribution is 2.36. The number of rotatable bonds is 6. The molecule has 0 aliphatic rings. The molecule has 23 heavy (non-hydrogen) atoms. The van der Waals surface area contributed by atoms with Crippen LogP contribution in [0.3, 0.4) is 0 Å². The van der Waals surface area contributed by atoms with Gasteiger partial charge in [-0.1, -0.05) is 90.6 Å². The maximum Gasteiger partial charge on any atom is 0.0257 e. The smallest absolute Gasteiger partial charge is 0.0257 e. The predicted molar refractivity (Wildman–Crippen MR) is 104 cm³/mol. The average molecular weight is 335 g/mol. The number of hydrogen-bond acceptors (Lipinski definition) is 2. The van der Waals surface area contributed by atoms with Crippen molar-refractivity contribution in [2.75, 3.05) is 0 Å². The Balaban J connectivity index is 1.76. The minimum absolute atomic E-state index is 0.993. The highest BCUT2D eigenvalue weighted by molar-refractivity contribution is 8.10. The van der Waals surface area contributed by atoms with Crippen LogP contribution in [0, 0.1) is 0 Å². The average Bonchev–Trinajstić information content (AvgIpc) is 2.63. The second-order valence-electron chi connectivity index (χ2n) is 5.06. The van der Waals surface area contributed by atoms with Gasteiger partial charge in [0.2, 0.25) is 0 Å². The molecular weight excluding hydrogens is 316 g/mol. The maximum absolute atomic E-state index is 2.28. The van der Waals surface area contributed by atoms with Gasteiger partial charge in [-0.2, -0.15) is 0 Å². The molecule has 0 saturated carbocycles. The molecule has 0 nitrogen and oxygen atoms in total. The van der Waals surface area contributed by atoms with E-state index >= 15 is 0 Å². The number of benzene rings is 3. The summed E-state index contributed by atoms with van der Waals surface area (Å²) in [5.74, 6) is 0.993. The first-order chi connectivity index (χ1) is 11.4. The quantitative estimate of drug-likeness (QED) is 0.459. The summed E-state index contributed by atoms with van der Waals surface area (Å²) in [4.78, 5) is 2.56. The highest BCUT2D eigenvalue weighted by Gasteiger charge is 2.04. The summed E-state index contributed by atoms with van der Waals surface area (Å²) < 4.78 is 0. The van der Waals surface area contributed by atoms with Crippen molar-refractivity contribution < 1.29 is 0 Å². The van der Waals surface area contributed by atoms with Gasteiger partial charge in [0.1, 0.15) is 0 Å². The van der Waals surface area contributed by atoms with E-state index in [0.717, 1.165) is 5.75 Å². The van der Waals surface area contributed by atoms with Crippen molar-refractivity contribution in [3.63, 3.8) is 0 Å². The SMILES string of the molecule is C(/SCc1ccccc1)=C(\Sc1ccccc1)c1ccccc1. The molecule has 0 atom stereocenters. The van der Waals surface area contributed by atoms with Crippen LogP contribution in [0.25, 0.3) is 4.91 Å². The van der Waals surface area contributed by atoms with E-state index in [4.69, 9.17) is 0 Å². The Hall–Kier alpha value is -1.90. The van der Waals surface area contributed by atoms with E-state index in [1.54, 1.807) is 0 Å². The van der Waals surface area contributed by atoms with Gasteiger partial charge in [-0.05, 0) is 28.7 Å². The van der Waals surface area contributed by atoms with Gasteiger partial charge in [-0.15, -0.1) is 11.8 Å². The van der Waals surface area contributed by atoms with Gasteiger partial charge >= 0.3 is 0 Å². The molecule has 114 valence electrons. The van der Waals surface area contributed by atoms with Crippen LogP contribution in [0.5, 0.6) is 0 Å². The molecule has 0 radical (unpaired) electrons. The molecule has 3 rings (SSSR count). The lowest BCUT2D eigenvalue weighted by molar-refractivity contribution is 1.42. The molecule has 0 aromatic heterocycles. The first-order valence-corrected chi connectivity index (χ1v) is 9.42. The Labute approximate surface area is 146 Å². The maximum atomic E-state index is 2.28. The molecule has 2 heteroatoms. The molecule has 0 bridgehead atoms. The van der Waals surface area contributed by atoms with E-state index in [2.05, 4.69) is 96.4 Å². The fraction of sp³-hybridized carbons (Fsp3) is 0.0476. The molecule has 3 aromatic carbocycles. The van der Waals surface area contributed by atoms with Crippen LogP contribution in [0.15, 0.2) is 101 Å². The topological polar surface area (TPSA) is 0 Å². The third kappa shape index (κ3) is 5.05. The third-order valence-corrected chi connectivity index (χ3v) is 5.45. The lowest BCUT2D eigenvalue weighted by Gasteiger charge is -2.08. The lowest BCUT2D eigenvalue weighted by Crippen LogP contribution is -1.81. The van der Waals surface area contributed by atoms with Crippen LogP contribution < -0.4 is 0 Å². The van der Waals surface area contributed by atoms with E-state index in [9.17, 15) is 0 Å². The number of hydrogen-bond donors (Lipinski definition) is 0. The van der Waals surface area contributed by atoms with Crippen molar-refractivity contribution in [2.24, 2.45) is 0 Å². The standard InChI is InChI=1S/C21H18S2/c1-4-10-18(11-5-1)16-22-17-21(19-12-6-2-7-13-19)23-20-14-8-3-9-15-20/h1-15,17H,16H2/b21-17+. The van der Waals surface area contributed by atoms with Crippen molar-refractivity contribution >= 4 is 28.4 Å². The molecule has 0 amide bonds. The van der Waals surface area contributed by atoms with E-state index in [-0.39, 0.29) is 0 Å². The summed E-state index contributed by atoms with van der Waals surface area (Å²) in [7, 11) is 0. The van der Waals surface area contributed by atoms with Crippen LogP contribution in [-0.4, -0.2) is 0 Å². The van der Waals surface area contributed by atoms with Gasteiger partial charge in [0.25, 0.3) is 0 Å². The van der Waals surface area contributed by atoms with E-state index in [0.29, 0.717) is 0 Å². The molecule has 0 unspecified atom stereocenters. The fourth-order valence-corrected chi connectivity index (χ4v) is 4.11. The predicted octanol–water partition coefficient (Wildman–Crippen LogP) is 6.71. The number of thioether (sulfide) groups is 2. The summed E-state index contributed by atoms with van der Waals surface area (Å²) in [6, 6.07) is 31.7. The van der Waals surface area contributed by atoms with Crippen LogP contribution >= 0.6 is 23.5 Å². The fourth-order valence-electron chi connectivity index (χ4n) is 2.16. The molecule has 0 aliphatic carbocycles. The monoisotopic (exact) mass is 334 g/mol. The Bertz CT molecular complexity index is 735. The zero-order valence-electron chi connectivity index (χ0n) is 12.8. The third-order valence-electron chi connectivity index (χ3n) is 3.31. The first-order valence-electron chi connectivity index (χ1n) is 7.56. The first kappa shape index (κ1) is 16.0. The van der Waals surface area contributed by atoms with Gasteiger partial charge < -0.3 is 0 Å². The van der Waals surface area contributed by atoms with Crippen LogP contribution in [0.1, 0.15) is 11.1 Å². The summed E-state index contributed by atoms with van der Waals surface area (Å²) in [6.45, 7) is 0. The highest BCUT2D eigenvalue weighted by atomic mass is 32.2. The van der Waals surface area contributed by atoms with Gasteiger partial charge in [-0.25, -0.2) is 0 Å². The Morgan fingerprint density at radius 3 is 1.91 bits per heavy atom. The molecule has 0 aliphatic heterocycles. The summed E-state index contributed by atoms with van der Waals surface area (Å²) in [5.41, 5.74) is 2.62. The van der Waals surface area contributed by atoms with Gasteiger partial charge in [0.05, 0.1) is 0 Å². The summed E-state index contributed by atoms with van der Waals surface area (Å²) >= 11 is 3.66. The van der Waals surface area contributed by atoms with Crippen molar-refractivity contribution in [3.8, 4) is 0 Å². The molecule has 0 saturated heterocycles. The second kappa shape index (κ2) is 8.66. The summed E-state index contributed by atoms with van der Waals surface area (Å²) in [6.07, 6.45) is 0. The molecular formula is C21H18S2. The molecule has 0 fully saturated rings. The zero-order chi connectivity index (χ0) is 15.7. The zero-order valence-corrected chi connectivity index (χ0v) is 14.4. The van der Waals surface area contributed by atoms with E-state index in [1.807, 2.05) is 23.5 Å². The lowest BCUT2D eigenvalue weighted by atomic mass is 10.2. The minimum atomic E-state index is 0.993. The van der Waals surface area contributed by atoms with Crippen molar-refractivity contribution in [2.45, 2.75) is 10.6 Å². The van der Waals surface area contributed by atoms with Crippen LogP contribution in [0.4, 0.5) is 0 Å². The largest absolute Gasteiger partial charge is 0.128 e. The Morgan fingerprint density at radius 1 is 0.696 bits per heavy atom. The Morgan fingerprint density at radius 2 is 1.26 bits per heavy atom. The van der Waals surface area contributed by atoms with Gasteiger partial charge in [-0.3, -0.25) is 0 Å². The van der Waals surface area contributed by atoms with Crippen molar-refractivity contribution in [1.29, 1.82) is 0 Å². The van der Waals surface area contributed by atoms with Crippen molar-refractivity contribution in [1.82, 2.24) is 0 Å². The molecule has 0 heterocycles. The molecule has 0 spiro atoms. The van der Waals surface area contributed by atoms with Gasteiger partial charge in [0.15, 0.2) is 0 Å². The summed E-state index contributed by atoms with van der Waals surface area (Å²) in [5, 5.41) is 2.28. The van der Waals surface area contributed by atoms with Crippen molar-refractivity contribution in [3.05, 3.63) is 108 Å². The Kier molecular flexibility index (Phi) is 6.01. The minimum Gasteiger partial charge on any atom is -0.128 e. The molecule has 0 N–H and O–H groups in total. The van der Waals surface area contributed by atoms with Crippen LogP contribution in [-0.2, 0) is 5.75 Å². The normalized spacial score (nSPS) is 11.4. The van der Waals surface area contributed by atoms with Crippen LogP contribution in [0.2, 0.25) is 0 Å². The van der Waals surface area contributed by atoms with Gasteiger partial charge in [0, 0.05) is 15.6 Å². The second-order valence-corrected chi connectivity index (χ2v) is 7.03. The van der Waals surface area contributed by atoms with E-state index in [1.165, 1.54) is 20.9 Å².